The first-order valence-electron chi connectivity index (χ1n) is 8.36. The van der Waals surface area contributed by atoms with Crippen LogP contribution >= 0.6 is 12.2 Å². The first-order valence-corrected chi connectivity index (χ1v) is 8.76. The van der Waals surface area contributed by atoms with Crippen molar-refractivity contribution in [2.24, 2.45) is 0 Å². The van der Waals surface area contributed by atoms with Gasteiger partial charge in [0.05, 0.1) is 24.3 Å². The molecular formula is C20H17F3N2O2S. The zero-order chi connectivity index (χ0) is 20.5. The zero-order valence-corrected chi connectivity index (χ0v) is 15.9. The summed E-state index contributed by atoms with van der Waals surface area (Å²) in [5.41, 5.74) is 0.875. The van der Waals surface area contributed by atoms with Crippen LogP contribution in [0.3, 0.4) is 0 Å². The van der Waals surface area contributed by atoms with E-state index in [1.807, 2.05) is 30.3 Å². The van der Waals surface area contributed by atoms with Gasteiger partial charge in [0.1, 0.15) is 0 Å². The van der Waals surface area contributed by atoms with Crippen LogP contribution in [0.1, 0.15) is 24.1 Å². The van der Waals surface area contributed by atoms with Crippen LogP contribution in [0.25, 0.3) is 0 Å². The minimum Gasteiger partial charge on any atom is -0.466 e. The number of hydrogen-bond acceptors (Lipinski definition) is 3. The molecule has 0 amide bonds. The van der Waals surface area contributed by atoms with Gasteiger partial charge in [0.25, 0.3) is 0 Å². The second-order valence-electron chi connectivity index (χ2n) is 6.17. The minimum atomic E-state index is -4.49. The SMILES string of the molecule is COC(=O)C1=C(C)N(c2cccc(C(F)(F)F)c2)C(=S)N[C@H]1c1ccccc1. The maximum absolute atomic E-state index is 13.1. The largest absolute Gasteiger partial charge is 0.466 e. The van der Waals surface area contributed by atoms with E-state index < -0.39 is 23.8 Å². The van der Waals surface area contributed by atoms with Gasteiger partial charge < -0.3 is 10.1 Å². The molecule has 1 aliphatic rings. The van der Waals surface area contributed by atoms with E-state index in [1.165, 1.54) is 24.1 Å². The van der Waals surface area contributed by atoms with Gasteiger partial charge in [-0.1, -0.05) is 36.4 Å². The third kappa shape index (κ3) is 3.73. The van der Waals surface area contributed by atoms with E-state index in [2.05, 4.69) is 5.32 Å². The molecule has 0 spiro atoms. The lowest BCUT2D eigenvalue weighted by Gasteiger charge is -2.37. The van der Waals surface area contributed by atoms with Crippen LogP contribution in [0, 0.1) is 0 Å². The van der Waals surface area contributed by atoms with Crippen LogP contribution in [-0.4, -0.2) is 18.2 Å². The number of rotatable bonds is 3. The summed E-state index contributed by atoms with van der Waals surface area (Å²) in [6, 6.07) is 13.4. The number of anilines is 1. The summed E-state index contributed by atoms with van der Waals surface area (Å²) in [4.78, 5) is 13.9. The van der Waals surface area contributed by atoms with Gasteiger partial charge in [-0.2, -0.15) is 13.2 Å². The number of benzene rings is 2. The molecule has 0 fully saturated rings. The predicted molar refractivity (Wildman–Crippen MR) is 104 cm³/mol. The van der Waals surface area contributed by atoms with Crippen molar-refractivity contribution in [1.82, 2.24) is 5.32 Å². The molecule has 28 heavy (non-hydrogen) atoms. The molecule has 8 heteroatoms. The molecule has 1 N–H and O–H groups in total. The highest BCUT2D eigenvalue weighted by atomic mass is 32.1. The third-order valence-corrected chi connectivity index (χ3v) is 4.76. The van der Waals surface area contributed by atoms with Gasteiger partial charge in [0.15, 0.2) is 5.11 Å². The Labute approximate surface area is 165 Å². The molecule has 2 aromatic carbocycles. The minimum absolute atomic E-state index is 0.193. The monoisotopic (exact) mass is 406 g/mol. The van der Waals surface area contributed by atoms with Crippen molar-refractivity contribution in [1.29, 1.82) is 0 Å². The molecule has 3 rings (SSSR count). The van der Waals surface area contributed by atoms with Crippen LogP contribution < -0.4 is 10.2 Å². The molecule has 4 nitrogen and oxygen atoms in total. The quantitative estimate of drug-likeness (QED) is 0.597. The molecule has 0 bridgehead atoms. The van der Waals surface area contributed by atoms with Gasteiger partial charge >= 0.3 is 12.1 Å². The Bertz CT molecular complexity index is 942. The number of nitrogens with one attached hydrogen (secondary N) is 1. The highest BCUT2D eigenvalue weighted by molar-refractivity contribution is 7.80. The van der Waals surface area contributed by atoms with E-state index in [-0.39, 0.29) is 16.4 Å². The summed E-state index contributed by atoms with van der Waals surface area (Å²) in [6.07, 6.45) is -4.49. The van der Waals surface area contributed by atoms with Crippen LogP contribution in [0.15, 0.2) is 65.9 Å². The Hall–Kier alpha value is -2.87. The van der Waals surface area contributed by atoms with Crippen molar-refractivity contribution in [2.45, 2.75) is 19.1 Å². The molecule has 0 aromatic heterocycles. The van der Waals surface area contributed by atoms with Gasteiger partial charge in [-0.05, 0) is 42.9 Å². The predicted octanol–water partition coefficient (Wildman–Crippen LogP) is 4.59. The molecule has 0 radical (unpaired) electrons. The molecular weight excluding hydrogens is 389 g/mol. The van der Waals surface area contributed by atoms with Gasteiger partial charge in [-0.25, -0.2) is 4.79 Å². The van der Waals surface area contributed by atoms with E-state index in [4.69, 9.17) is 17.0 Å². The lowest BCUT2D eigenvalue weighted by atomic mass is 9.95. The Morgan fingerprint density at radius 1 is 1.14 bits per heavy atom. The zero-order valence-electron chi connectivity index (χ0n) is 15.1. The number of allylic oxidation sites excluding steroid dienone is 1. The van der Waals surface area contributed by atoms with E-state index in [0.29, 0.717) is 5.70 Å². The summed E-state index contributed by atoms with van der Waals surface area (Å²) >= 11 is 5.42. The molecule has 0 unspecified atom stereocenters. The van der Waals surface area contributed by atoms with Gasteiger partial charge in [-0.15, -0.1) is 0 Å². The fourth-order valence-electron chi connectivity index (χ4n) is 3.15. The van der Waals surface area contributed by atoms with Crippen LogP contribution in [0.4, 0.5) is 18.9 Å². The number of thiocarbonyl (C=S) groups is 1. The maximum Gasteiger partial charge on any atom is 0.416 e. The number of alkyl halides is 3. The molecule has 2 aromatic rings. The van der Waals surface area contributed by atoms with Crippen molar-refractivity contribution < 1.29 is 22.7 Å². The van der Waals surface area contributed by atoms with E-state index in [1.54, 1.807) is 6.92 Å². The van der Waals surface area contributed by atoms with Crippen LogP contribution in [-0.2, 0) is 15.7 Å². The number of hydrogen-bond donors (Lipinski definition) is 1. The highest BCUT2D eigenvalue weighted by Gasteiger charge is 2.36. The second kappa shape index (κ2) is 7.63. The normalized spacial score (nSPS) is 17.4. The number of carbonyl (C=O) groups is 1. The summed E-state index contributed by atoms with van der Waals surface area (Å²) in [5, 5.41) is 3.25. The lowest BCUT2D eigenvalue weighted by Crippen LogP contribution is -2.48. The van der Waals surface area contributed by atoms with Crippen LogP contribution in [0.2, 0.25) is 0 Å². The Kier molecular flexibility index (Phi) is 5.42. The highest BCUT2D eigenvalue weighted by Crippen LogP contribution is 2.36. The number of ether oxygens (including phenoxy) is 1. The molecule has 0 aliphatic carbocycles. The van der Waals surface area contributed by atoms with Gasteiger partial charge in [0, 0.05) is 11.4 Å². The maximum atomic E-state index is 13.1. The van der Waals surface area contributed by atoms with Crippen LogP contribution in [0.5, 0.6) is 0 Å². The first-order chi connectivity index (χ1) is 13.2. The summed E-state index contributed by atoms with van der Waals surface area (Å²) < 4.78 is 44.3. The summed E-state index contributed by atoms with van der Waals surface area (Å²) in [5.74, 6) is -0.585. The molecule has 1 atom stereocenters. The lowest BCUT2D eigenvalue weighted by molar-refractivity contribution is -0.138. The van der Waals surface area contributed by atoms with Gasteiger partial charge in [-0.3, -0.25) is 4.90 Å². The van der Waals surface area contributed by atoms with E-state index in [0.717, 1.165) is 17.7 Å². The van der Waals surface area contributed by atoms with E-state index in [9.17, 15) is 18.0 Å². The molecule has 1 aliphatic heterocycles. The standard InChI is InChI=1S/C20H17F3N2O2S/c1-12-16(18(26)27-2)17(13-7-4-3-5-8-13)24-19(28)25(12)15-10-6-9-14(11-15)20(21,22)23/h3-11,17H,1-2H3,(H,24,28)/t17-/m0/s1. The molecule has 0 saturated carbocycles. The second-order valence-corrected chi connectivity index (χ2v) is 6.55. The Morgan fingerprint density at radius 3 is 2.43 bits per heavy atom. The molecule has 146 valence electrons. The number of nitrogens with zero attached hydrogens (tertiary/aromatic N) is 1. The number of halogens is 3. The van der Waals surface area contributed by atoms with Crippen molar-refractivity contribution in [2.75, 3.05) is 12.0 Å². The fraction of sp³-hybridized carbons (Fsp3) is 0.200. The first kappa shape index (κ1) is 19.9. The smallest absolute Gasteiger partial charge is 0.416 e. The average molecular weight is 406 g/mol. The Morgan fingerprint density at radius 2 is 1.82 bits per heavy atom. The number of carbonyl (C=O) groups excluding carboxylic acids is 1. The van der Waals surface area contributed by atoms with Crippen molar-refractivity contribution >= 4 is 29.0 Å². The summed E-state index contributed by atoms with van der Waals surface area (Å²) in [6.45, 7) is 1.63. The van der Waals surface area contributed by atoms with Crippen molar-refractivity contribution in [3.63, 3.8) is 0 Å². The average Bonchev–Trinajstić information content (AvgIpc) is 2.67. The topological polar surface area (TPSA) is 41.6 Å². The van der Waals surface area contributed by atoms with Crippen molar-refractivity contribution in [3.8, 4) is 0 Å². The van der Waals surface area contributed by atoms with E-state index >= 15 is 0 Å². The fourth-order valence-corrected chi connectivity index (χ4v) is 3.51. The number of esters is 1. The third-order valence-electron chi connectivity index (χ3n) is 4.45. The molecule has 0 saturated heterocycles. The van der Waals surface area contributed by atoms with Gasteiger partial charge in [0.2, 0.25) is 0 Å². The summed E-state index contributed by atoms with van der Waals surface area (Å²) in [7, 11) is 1.26. The number of methoxy groups -OCH3 is 1. The Balaban J connectivity index is 2.14. The molecule has 1 heterocycles. The van der Waals surface area contributed by atoms with Crippen molar-refractivity contribution in [3.05, 3.63) is 77.0 Å².